The minimum Gasteiger partial charge on any atom is -0.0654 e. The van der Waals surface area contributed by atoms with Gasteiger partial charge in [-0.1, -0.05) is 202 Å². The van der Waals surface area contributed by atoms with E-state index in [4.69, 9.17) is 0 Å². The molecule has 0 nitrogen and oxygen atoms in total. The van der Waals surface area contributed by atoms with E-state index in [1.807, 2.05) is 0 Å². The van der Waals surface area contributed by atoms with Crippen molar-refractivity contribution >= 4 is 0 Å². The van der Waals surface area contributed by atoms with Gasteiger partial charge in [-0.3, -0.25) is 0 Å². The maximum absolute atomic E-state index is 2.51. The van der Waals surface area contributed by atoms with Crippen molar-refractivity contribution < 1.29 is 0 Å². The first kappa shape index (κ1) is 34.0. The highest BCUT2D eigenvalue weighted by atomic mass is 14.1. The number of hydrogen-bond acceptors (Lipinski definition) is 0. The van der Waals surface area contributed by atoms with Gasteiger partial charge in [0.2, 0.25) is 0 Å². The number of hydrogen-bond donors (Lipinski definition) is 0. The van der Waals surface area contributed by atoms with Crippen LogP contribution in [0.2, 0.25) is 0 Å². The lowest BCUT2D eigenvalue weighted by Gasteiger charge is -2.14. The van der Waals surface area contributed by atoms with Gasteiger partial charge >= 0.3 is 0 Å². The van der Waals surface area contributed by atoms with Crippen molar-refractivity contribution in [3.63, 3.8) is 0 Å². The topological polar surface area (TPSA) is 0 Å². The monoisotopic (exact) mass is 479 g/mol. The van der Waals surface area contributed by atoms with Gasteiger partial charge in [0.15, 0.2) is 0 Å². The molecule has 0 heteroatoms. The van der Waals surface area contributed by atoms with E-state index in [2.05, 4.69) is 34.6 Å². The first-order chi connectivity index (χ1) is 16.6. The van der Waals surface area contributed by atoms with Crippen LogP contribution in [0.3, 0.4) is 0 Å². The SMILES string of the molecule is CCCCCCCCCCCCCCC(C)CCCC(C)CCCCCCCC(C)CCCC. The van der Waals surface area contributed by atoms with Crippen molar-refractivity contribution in [1.29, 1.82) is 0 Å². The van der Waals surface area contributed by atoms with Crippen LogP contribution in [0, 0.1) is 17.8 Å². The number of unbranched alkanes of at least 4 members (excludes halogenated alkanes) is 16. The largest absolute Gasteiger partial charge is 0.0654 e. The van der Waals surface area contributed by atoms with E-state index >= 15 is 0 Å². The predicted octanol–water partition coefficient (Wildman–Crippen LogP) is 13.1. The second-order valence-corrected chi connectivity index (χ2v) is 12.4. The Labute approximate surface area is 219 Å². The van der Waals surface area contributed by atoms with Crippen LogP contribution < -0.4 is 0 Å². The van der Waals surface area contributed by atoms with Crippen molar-refractivity contribution in [3.05, 3.63) is 0 Å². The first-order valence-corrected chi connectivity index (χ1v) is 16.6. The first-order valence-electron chi connectivity index (χ1n) is 16.6. The van der Waals surface area contributed by atoms with Gasteiger partial charge in [-0.25, -0.2) is 0 Å². The lowest BCUT2D eigenvalue weighted by Crippen LogP contribution is -1.99. The molecule has 0 aromatic carbocycles. The summed E-state index contributed by atoms with van der Waals surface area (Å²) in [5.41, 5.74) is 0. The van der Waals surface area contributed by atoms with Crippen LogP contribution in [0.15, 0.2) is 0 Å². The van der Waals surface area contributed by atoms with Crippen molar-refractivity contribution in [2.45, 2.75) is 202 Å². The van der Waals surface area contributed by atoms with Gasteiger partial charge < -0.3 is 0 Å². The summed E-state index contributed by atoms with van der Waals surface area (Å²) >= 11 is 0. The fraction of sp³-hybridized carbons (Fsp3) is 1.00. The minimum atomic E-state index is 0.952. The van der Waals surface area contributed by atoms with E-state index < -0.39 is 0 Å². The molecule has 0 aliphatic heterocycles. The molecule has 0 amide bonds. The van der Waals surface area contributed by atoms with Crippen molar-refractivity contribution in [2.24, 2.45) is 17.8 Å². The summed E-state index contributed by atoms with van der Waals surface area (Å²) in [6, 6.07) is 0. The molecule has 3 unspecified atom stereocenters. The summed E-state index contributed by atoms with van der Waals surface area (Å²) in [4.78, 5) is 0. The highest BCUT2D eigenvalue weighted by Gasteiger charge is 2.06. The molecule has 0 rings (SSSR count). The van der Waals surface area contributed by atoms with Gasteiger partial charge in [-0.2, -0.15) is 0 Å². The van der Waals surface area contributed by atoms with Crippen LogP contribution in [0.5, 0.6) is 0 Å². The van der Waals surface area contributed by atoms with Crippen LogP contribution in [-0.2, 0) is 0 Å². The van der Waals surface area contributed by atoms with E-state index in [-0.39, 0.29) is 0 Å². The Morgan fingerprint density at radius 3 is 0.824 bits per heavy atom. The Hall–Kier alpha value is 0. The third kappa shape index (κ3) is 26.6. The Morgan fingerprint density at radius 2 is 0.500 bits per heavy atom. The van der Waals surface area contributed by atoms with E-state index in [9.17, 15) is 0 Å². The summed E-state index contributed by atoms with van der Waals surface area (Å²) in [6.07, 6.45) is 38.0. The van der Waals surface area contributed by atoms with Crippen LogP contribution in [0.4, 0.5) is 0 Å². The molecular formula is C34H70. The predicted molar refractivity (Wildman–Crippen MR) is 159 cm³/mol. The molecule has 0 saturated heterocycles. The van der Waals surface area contributed by atoms with Gasteiger partial charge in [-0.05, 0) is 17.8 Å². The highest BCUT2D eigenvalue weighted by molar-refractivity contribution is 4.60. The Morgan fingerprint density at radius 1 is 0.265 bits per heavy atom. The molecule has 0 spiro atoms. The normalized spacial score (nSPS) is 14.4. The van der Waals surface area contributed by atoms with Crippen molar-refractivity contribution in [2.75, 3.05) is 0 Å². The summed E-state index contributed by atoms with van der Waals surface area (Å²) in [7, 11) is 0. The quantitative estimate of drug-likeness (QED) is 0.0980. The molecule has 0 N–H and O–H groups in total. The molecule has 0 heterocycles. The van der Waals surface area contributed by atoms with E-state index in [1.165, 1.54) is 167 Å². The Balaban J connectivity index is 3.32. The third-order valence-corrected chi connectivity index (χ3v) is 8.39. The molecule has 0 aromatic rings. The lowest BCUT2D eigenvalue weighted by atomic mass is 9.92. The molecule has 0 aliphatic rings. The standard InChI is InChI=1S/C34H70/c1-6-8-10-11-12-13-14-15-16-17-19-22-28-33(4)30-25-31-34(5)29-24-21-18-20-23-27-32(3)26-9-7-2/h32-34H,6-31H2,1-5H3. The Kier molecular flexibility index (Phi) is 27.6. The van der Waals surface area contributed by atoms with Crippen LogP contribution >= 0.6 is 0 Å². The Bertz CT molecular complexity index is 359. The fourth-order valence-corrected chi connectivity index (χ4v) is 5.65. The van der Waals surface area contributed by atoms with Crippen LogP contribution in [0.1, 0.15) is 202 Å². The third-order valence-electron chi connectivity index (χ3n) is 8.39. The van der Waals surface area contributed by atoms with E-state index in [1.54, 1.807) is 0 Å². The summed E-state index contributed by atoms with van der Waals surface area (Å²) < 4.78 is 0. The molecule has 0 aliphatic carbocycles. The van der Waals surface area contributed by atoms with Gasteiger partial charge in [0.1, 0.15) is 0 Å². The number of rotatable bonds is 28. The van der Waals surface area contributed by atoms with Gasteiger partial charge in [0.25, 0.3) is 0 Å². The molecule has 0 fully saturated rings. The molecule has 206 valence electrons. The zero-order valence-corrected chi connectivity index (χ0v) is 25.1. The summed E-state index contributed by atoms with van der Waals surface area (Å²) in [5, 5.41) is 0. The second-order valence-electron chi connectivity index (χ2n) is 12.4. The summed E-state index contributed by atoms with van der Waals surface area (Å²) in [5.74, 6) is 2.87. The fourth-order valence-electron chi connectivity index (χ4n) is 5.65. The minimum absolute atomic E-state index is 0.952. The molecule has 0 bridgehead atoms. The van der Waals surface area contributed by atoms with Gasteiger partial charge in [-0.15, -0.1) is 0 Å². The zero-order chi connectivity index (χ0) is 25.1. The molecule has 0 saturated carbocycles. The maximum atomic E-state index is 2.51. The maximum Gasteiger partial charge on any atom is -0.0443 e. The average Bonchev–Trinajstić information content (AvgIpc) is 2.82. The van der Waals surface area contributed by atoms with Crippen molar-refractivity contribution in [3.8, 4) is 0 Å². The van der Waals surface area contributed by atoms with Crippen LogP contribution in [0.25, 0.3) is 0 Å². The average molecular weight is 479 g/mol. The zero-order valence-electron chi connectivity index (χ0n) is 25.1. The highest BCUT2D eigenvalue weighted by Crippen LogP contribution is 2.22. The molecule has 3 atom stereocenters. The van der Waals surface area contributed by atoms with Crippen LogP contribution in [-0.4, -0.2) is 0 Å². The van der Waals surface area contributed by atoms with Gasteiger partial charge in [0, 0.05) is 0 Å². The lowest BCUT2D eigenvalue weighted by molar-refractivity contribution is 0.389. The molecule has 34 heavy (non-hydrogen) atoms. The van der Waals surface area contributed by atoms with E-state index in [0.29, 0.717) is 0 Å². The molecule has 0 aromatic heterocycles. The smallest absolute Gasteiger partial charge is 0.0443 e. The second kappa shape index (κ2) is 27.6. The summed E-state index contributed by atoms with van der Waals surface area (Å²) in [6.45, 7) is 12.1. The molecular weight excluding hydrogens is 408 g/mol. The van der Waals surface area contributed by atoms with Gasteiger partial charge in [0.05, 0.1) is 0 Å². The molecule has 0 radical (unpaired) electrons. The van der Waals surface area contributed by atoms with E-state index in [0.717, 1.165) is 17.8 Å². The van der Waals surface area contributed by atoms with Crippen molar-refractivity contribution in [1.82, 2.24) is 0 Å².